The van der Waals surface area contributed by atoms with Gasteiger partial charge in [0.15, 0.2) is 11.4 Å². The van der Waals surface area contributed by atoms with Crippen LogP contribution in [0, 0.1) is 11.3 Å². The average molecular weight is 451 g/mol. The molecule has 0 unspecified atom stereocenters. The minimum Gasteiger partial charge on any atom is -0.408 e. The Morgan fingerprint density at radius 2 is 2.15 bits per heavy atom. The van der Waals surface area contributed by atoms with Crippen molar-refractivity contribution in [2.75, 3.05) is 13.1 Å². The molecule has 2 aromatic carbocycles. The van der Waals surface area contributed by atoms with E-state index in [9.17, 15) is 14.9 Å². The summed E-state index contributed by atoms with van der Waals surface area (Å²) in [6, 6.07) is 12.6. The molecule has 166 valence electrons. The number of benzene rings is 2. The molecular formula is C24H17N7O3. The Bertz CT molecular complexity index is 1690. The molecule has 10 heteroatoms. The number of carbonyl (C=O) groups excluding carboxylic acids is 1. The fourth-order valence-electron chi connectivity index (χ4n) is 4.33. The van der Waals surface area contributed by atoms with Crippen LogP contribution in [0.1, 0.15) is 27.2 Å². The van der Waals surface area contributed by atoms with E-state index >= 15 is 0 Å². The zero-order valence-electron chi connectivity index (χ0n) is 17.9. The number of nitriles is 1. The number of aromatic amines is 1. The first kappa shape index (κ1) is 20.0. The maximum atomic E-state index is 12.8. The second kappa shape index (κ2) is 7.75. The van der Waals surface area contributed by atoms with E-state index in [1.165, 1.54) is 0 Å². The van der Waals surface area contributed by atoms with E-state index in [2.05, 4.69) is 26.0 Å². The molecule has 1 N–H and O–H groups in total. The quantitative estimate of drug-likeness (QED) is 0.412. The van der Waals surface area contributed by atoms with Crippen molar-refractivity contribution < 1.29 is 9.21 Å². The smallest absolute Gasteiger partial charge is 0.408 e. The van der Waals surface area contributed by atoms with Gasteiger partial charge < -0.3 is 4.42 Å². The van der Waals surface area contributed by atoms with Gasteiger partial charge in [0.2, 0.25) is 0 Å². The molecule has 0 radical (unpaired) electrons. The van der Waals surface area contributed by atoms with Crippen molar-refractivity contribution in [3.63, 3.8) is 0 Å². The van der Waals surface area contributed by atoms with Crippen LogP contribution in [0.15, 0.2) is 58.0 Å². The van der Waals surface area contributed by atoms with E-state index in [0.717, 1.165) is 22.2 Å². The molecule has 0 saturated heterocycles. The summed E-state index contributed by atoms with van der Waals surface area (Å²) in [5, 5.41) is 14.5. The lowest BCUT2D eigenvalue weighted by Gasteiger charge is -2.27. The maximum absolute atomic E-state index is 12.8. The van der Waals surface area contributed by atoms with Crippen molar-refractivity contribution in [1.29, 1.82) is 5.26 Å². The lowest BCUT2D eigenvalue weighted by Crippen LogP contribution is -2.35. The molecule has 6 rings (SSSR count). The largest absolute Gasteiger partial charge is 0.417 e. The number of Topliss-reactive ketones (excluding diaryl/α,β-unsaturated/α-hetero) is 1. The van der Waals surface area contributed by atoms with Crippen LogP contribution in [0.25, 0.3) is 28.0 Å². The molecule has 0 amide bonds. The second-order valence-corrected chi connectivity index (χ2v) is 8.16. The molecule has 1 aliphatic rings. The van der Waals surface area contributed by atoms with Gasteiger partial charge in [-0.1, -0.05) is 6.07 Å². The maximum Gasteiger partial charge on any atom is 0.417 e. The minimum absolute atomic E-state index is 0.0405. The van der Waals surface area contributed by atoms with Crippen molar-refractivity contribution >= 4 is 27.8 Å². The van der Waals surface area contributed by atoms with Gasteiger partial charge >= 0.3 is 5.76 Å². The Morgan fingerprint density at radius 3 is 3.03 bits per heavy atom. The van der Waals surface area contributed by atoms with E-state index in [0.29, 0.717) is 47.7 Å². The number of aromatic nitrogens is 5. The highest BCUT2D eigenvalue weighted by molar-refractivity contribution is 6.00. The molecule has 0 fully saturated rings. The second-order valence-electron chi connectivity index (χ2n) is 8.16. The van der Waals surface area contributed by atoms with Crippen LogP contribution in [0.4, 0.5) is 0 Å². The van der Waals surface area contributed by atoms with Crippen LogP contribution in [-0.2, 0) is 13.0 Å². The van der Waals surface area contributed by atoms with Gasteiger partial charge in [0.25, 0.3) is 5.95 Å². The van der Waals surface area contributed by atoms with Crippen LogP contribution < -0.4 is 5.76 Å². The molecule has 34 heavy (non-hydrogen) atoms. The molecule has 0 saturated carbocycles. The third-order valence-electron chi connectivity index (χ3n) is 6.03. The van der Waals surface area contributed by atoms with Gasteiger partial charge in [-0.2, -0.15) is 15.0 Å². The number of hydrogen-bond donors (Lipinski definition) is 1. The molecular weight excluding hydrogens is 434 g/mol. The lowest BCUT2D eigenvalue weighted by atomic mass is 10.1. The number of rotatable bonds is 4. The summed E-state index contributed by atoms with van der Waals surface area (Å²) in [6.45, 7) is 1.48. The molecule has 0 aliphatic carbocycles. The number of carbonyl (C=O) groups is 1. The summed E-state index contributed by atoms with van der Waals surface area (Å²) >= 11 is 0. The first-order chi connectivity index (χ1) is 16.6. The predicted molar refractivity (Wildman–Crippen MR) is 122 cm³/mol. The third kappa shape index (κ3) is 3.35. The summed E-state index contributed by atoms with van der Waals surface area (Å²) in [4.78, 5) is 38.0. The number of oxazole rings is 1. The van der Waals surface area contributed by atoms with Crippen LogP contribution in [0.2, 0.25) is 0 Å². The van der Waals surface area contributed by atoms with Crippen LogP contribution in [0.5, 0.6) is 0 Å². The van der Waals surface area contributed by atoms with Crippen molar-refractivity contribution in [2.24, 2.45) is 0 Å². The summed E-state index contributed by atoms with van der Waals surface area (Å²) in [5.41, 5.74) is 4.67. The van der Waals surface area contributed by atoms with Gasteiger partial charge in [0.05, 0.1) is 41.1 Å². The van der Waals surface area contributed by atoms with E-state index in [1.54, 1.807) is 41.3 Å². The molecule has 0 atom stereocenters. The number of nitrogens with zero attached hydrogens (tertiary/aromatic N) is 6. The Hall–Kier alpha value is -4.62. The Kier molecular flexibility index (Phi) is 4.57. The standard InChI is InChI=1S/C24H17N7O3/c25-9-15-2-1-3-20-17(15)11-27-31(20)23-26-10-16-12-30(7-6-18(16)28-23)13-21(32)14-4-5-22-19(8-14)29-24(33)34-22/h1-5,8,10-11H,6-7,12-13H2,(H,29,33). The van der Waals surface area contributed by atoms with Crippen molar-refractivity contribution in [1.82, 2.24) is 29.6 Å². The highest BCUT2D eigenvalue weighted by atomic mass is 16.4. The molecule has 5 aromatic rings. The fraction of sp³-hybridized carbons (Fsp3) is 0.167. The number of hydrogen-bond acceptors (Lipinski definition) is 8. The summed E-state index contributed by atoms with van der Waals surface area (Å²) in [5.74, 6) is -0.128. The number of H-pyrrole nitrogens is 1. The van der Waals surface area contributed by atoms with Gasteiger partial charge in [-0.25, -0.2) is 14.8 Å². The van der Waals surface area contributed by atoms with Gasteiger partial charge in [-0.15, -0.1) is 0 Å². The zero-order chi connectivity index (χ0) is 23.2. The van der Waals surface area contributed by atoms with E-state index in [-0.39, 0.29) is 12.3 Å². The highest BCUT2D eigenvalue weighted by Crippen LogP contribution is 2.22. The fourth-order valence-corrected chi connectivity index (χ4v) is 4.33. The Balaban J connectivity index is 1.21. The SMILES string of the molecule is N#Cc1cccc2c1cnn2-c1ncc2c(n1)CCN(CC(=O)c1ccc3oc(=O)[nH]c3c1)C2. The van der Waals surface area contributed by atoms with Crippen molar-refractivity contribution in [3.8, 4) is 12.0 Å². The normalized spacial score (nSPS) is 13.7. The Labute approximate surface area is 192 Å². The summed E-state index contributed by atoms with van der Waals surface area (Å²) in [7, 11) is 0. The van der Waals surface area contributed by atoms with Crippen LogP contribution in [-0.4, -0.2) is 48.5 Å². The van der Waals surface area contributed by atoms with Crippen molar-refractivity contribution in [2.45, 2.75) is 13.0 Å². The first-order valence-electron chi connectivity index (χ1n) is 10.7. The van der Waals surface area contributed by atoms with Crippen molar-refractivity contribution in [3.05, 3.63) is 81.7 Å². The Morgan fingerprint density at radius 1 is 1.24 bits per heavy atom. The van der Waals surface area contributed by atoms with Gasteiger partial charge in [0.1, 0.15) is 0 Å². The highest BCUT2D eigenvalue weighted by Gasteiger charge is 2.22. The summed E-state index contributed by atoms with van der Waals surface area (Å²) < 4.78 is 6.64. The predicted octanol–water partition coefficient (Wildman–Crippen LogP) is 2.36. The lowest BCUT2D eigenvalue weighted by molar-refractivity contribution is 0.0921. The number of fused-ring (bicyclic) bond motifs is 3. The molecule has 4 heterocycles. The summed E-state index contributed by atoms with van der Waals surface area (Å²) in [6.07, 6.45) is 4.10. The van der Waals surface area contributed by atoms with Gasteiger partial charge in [-0.05, 0) is 30.3 Å². The van der Waals surface area contributed by atoms with Crippen LogP contribution in [0.3, 0.4) is 0 Å². The molecule has 0 spiro atoms. The molecule has 10 nitrogen and oxygen atoms in total. The zero-order valence-corrected chi connectivity index (χ0v) is 17.9. The van der Waals surface area contributed by atoms with Gasteiger partial charge in [-0.3, -0.25) is 14.7 Å². The molecule has 1 aliphatic heterocycles. The molecule has 0 bridgehead atoms. The average Bonchev–Trinajstić information content (AvgIpc) is 3.45. The van der Waals surface area contributed by atoms with Crippen LogP contribution >= 0.6 is 0 Å². The number of ketones is 1. The molecule has 3 aromatic heterocycles. The van der Waals surface area contributed by atoms with Gasteiger partial charge in [0, 0.05) is 42.2 Å². The number of nitrogens with one attached hydrogen (secondary N) is 1. The third-order valence-corrected chi connectivity index (χ3v) is 6.03. The minimum atomic E-state index is -0.541. The van der Waals surface area contributed by atoms with E-state index in [1.807, 2.05) is 12.1 Å². The van der Waals surface area contributed by atoms with E-state index in [4.69, 9.17) is 9.40 Å². The topological polar surface area (TPSA) is 134 Å². The first-order valence-corrected chi connectivity index (χ1v) is 10.7. The monoisotopic (exact) mass is 451 g/mol. The van der Waals surface area contributed by atoms with E-state index < -0.39 is 5.76 Å².